The van der Waals surface area contributed by atoms with Gasteiger partial charge in [0.25, 0.3) is 0 Å². The van der Waals surface area contributed by atoms with Gasteiger partial charge in [-0.25, -0.2) is 9.97 Å². The lowest BCUT2D eigenvalue weighted by Gasteiger charge is -2.11. The van der Waals surface area contributed by atoms with Crippen molar-refractivity contribution in [3.05, 3.63) is 41.6 Å². The summed E-state index contributed by atoms with van der Waals surface area (Å²) in [6.07, 6.45) is 0.0756. The topological polar surface area (TPSA) is 47.0 Å². The molecule has 0 saturated carbocycles. The van der Waals surface area contributed by atoms with Crippen molar-refractivity contribution >= 4 is 5.95 Å². The van der Waals surface area contributed by atoms with E-state index in [-0.39, 0.29) is 6.10 Å². The fourth-order valence-corrected chi connectivity index (χ4v) is 1.92. The van der Waals surface area contributed by atoms with Crippen molar-refractivity contribution in [1.82, 2.24) is 9.97 Å². The Balaban J connectivity index is 2.44. The number of methoxy groups -OCH3 is 1. The molecule has 100 valence electrons. The maximum atomic E-state index is 5.35. The summed E-state index contributed by atoms with van der Waals surface area (Å²) in [6, 6.07) is 10.2. The van der Waals surface area contributed by atoms with Crippen molar-refractivity contribution in [3.8, 4) is 11.3 Å². The van der Waals surface area contributed by atoms with Crippen LogP contribution in [0.5, 0.6) is 0 Å². The van der Waals surface area contributed by atoms with E-state index in [1.54, 1.807) is 7.11 Å². The predicted molar refractivity (Wildman–Crippen MR) is 77.2 cm³/mol. The SMILES string of the molecule is CNc1nc(C)cc(-c2cccc(C(C)OC)c2)n1. The fourth-order valence-electron chi connectivity index (χ4n) is 1.92. The molecule has 1 aromatic heterocycles. The van der Waals surface area contributed by atoms with E-state index >= 15 is 0 Å². The van der Waals surface area contributed by atoms with Gasteiger partial charge in [-0.1, -0.05) is 18.2 Å². The highest BCUT2D eigenvalue weighted by atomic mass is 16.5. The van der Waals surface area contributed by atoms with E-state index in [1.807, 2.05) is 39.1 Å². The van der Waals surface area contributed by atoms with Crippen LogP contribution in [0.1, 0.15) is 24.3 Å². The molecule has 0 amide bonds. The van der Waals surface area contributed by atoms with Crippen molar-refractivity contribution in [2.24, 2.45) is 0 Å². The number of hydrogen-bond donors (Lipinski definition) is 1. The molecular weight excluding hydrogens is 238 g/mol. The van der Waals surface area contributed by atoms with Crippen LogP contribution in [-0.2, 0) is 4.74 Å². The number of anilines is 1. The molecule has 0 bridgehead atoms. The van der Waals surface area contributed by atoms with Crippen LogP contribution < -0.4 is 5.32 Å². The molecule has 2 rings (SSSR count). The third kappa shape index (κ3) is 3.09. The first kappa shape index (κ1) is 13.5. The zero-order valence-electron chi connectivity index (χ0n) is 11.8. The van der Waals surface area contributed by atoms with Gasteiger partial charge in [0.05, 0.1) is 11.8 Å². The molecule has 1 heterocycles. The minimum Gasteiger partial charge on any atom is -0.377 e. The molecule has 0 aliphatic heterocycles. The Hall–Kier alpha value is -1.94. The van der Waals surface area contributed by atoms with Gasteiger partial charge in [0, 0.05) is 25.4 Å². The Labute approximate surface area is 113 Å². The molecule has 2 aromatic rings. The van der Waals surface area contributed by atoms with Crippen molar-refractivity contribution in [1.29, 1.82) is 0 Å². The van der Waals surface area contributed by atoms with Crippen LogP contribution in [0.15, 0.2) is 30.3 Å². The van der Waals surface area contributed by atoms with Crippen LogP contribution in [0.2, 0.25) is 0 Å². The molecule has 4 heteroatoms. The Bertz CT molecular complexity index is 569. The second-order valence-electron chi connectivity index (χ2n) is 4.47. The van der Waals surface area contributed by atoms with Crippen LogP contribution in [0, 0.1) is 6.92 Å². The van der Waals surface area contributed by atoms with E-state index in [0.29, 0.717) is 5.95 Å². The summed E-state index contributed by atoms with van der Waals surface area (Å²) in [4.78, 5) is 8.79. The summed E-state index contributed by atoms with van der Waals surface area (Å²) < 4.78 is 5.35. The minimum atomic E-state index is 0.0756. The number of ether oxygens (including phenoxy) is 1. The first-order chi connectivity index (χ1) is 9.13. The number of hydrogen-bond acceptors (Lipinski definition) is 4. The molecule has 1 N–H and O–H groups in total. The Morgan fingerprint density at radius 2 is 2.00 bits per heavy atom. The van der Waals surface area contributed by atoms with Crippen LogP contribution >= 0.6 is 0 Å². The number of nitrogens with one attached hydrogen (secondary N) is 1. The normalized spacial score (nSPS) is 12.2. The van der Waals surface area contributed by atoms with E-state index in [2.05, 4.69) is 27.4 Å². The highest BCUT2D eigenvalue weighted by Gasteiger charge is 2.08. The van der Waals surface area contributed by atoms with Gasteiger partial charge in [0.2, 0.25) is 5.95 Å². The van der Waals surface area contributed by atoms with Gasteiger partial charge in [-0.15, -0.1) is 0 Å². The average molecular weight is 257 g/mol. The van der Waals surface area contributed by atoms with Crippen molar-refractivity contribution in [2.75, 3.05) is 19.5 Å². The molecule has 0 fully saturated rings. The van der Waals surface area contributed by atoms with Gasteiger partial charge in [0.15, 0.2) is 0 Å². The lowest BCUT2D eigenvalue weighted by molar-refractivity contribution is 0.119. The predicted octanol–water partition coefficient (Wildman–Crippen LogP) is 3.20. The van der Waals surface area contributed by atoms with E-state index in [0.717, 1.165) is 22.5 Å². The number of nitrogens with zero attached hydrogens (tertiary/aromatic N) is 2. The van der Waals surface area contributed by atoms with E-state index in [9.17, 15) is 0 Å². The third-order valence-corrected chi connectivity index (χ3v) is 3.08. The number of aromatic nitrogens is 2. The molecule has 0 radical (unpaired) electrons. The molecule has 1 atom stereocenters. The van der Waals surface area contributed by atoms with Crippen molar-refractivity contribution in [3.63, 3.8) is 0 Å². The smallest absolute Gasteiger partial charge is 0.223 e. The maximum Gasteiger partial charge on any atom is 0.223 e. The third-order valence-electron chi connectivity index (χ3n) is 3.08. The van der Waals surface area contributed by atoms with Gasteiger partial charge < -0.3 is 10.1 Å². The Morgan fingerprint density at radius 3 is 2.68 bits per heavy atom. The van der Waals surface area contributed by atoms with Crippen molar-refractivity contribution < 1.29 is 4.74 Å². The molecule has 0 spiro atoms. The largest absolute Gasteiger partial charge is 0.377 e. The molecule has 1 unspecified atom stereocenters. The summed E-state index contributed by atoms with van der Waals surface area (Å²) in [6.45, 7) is 4.00. The second kappa shape index (κ2) is 5.80. The van der Waals surface area contributed by atoms with Gasteiger partial charge >= 0.3 is 0 Å². The van der Waals surface area contributed by atoms with Gasteiger partial charge in [-0.2, -0.15) is 0 Å². The van der Waals surface area contributed by atoms with Gasteiger partial charge in [-0.3, -0.25) is 0 Å². The lowest BCUT2D eigenvalue weighted by Crippen LogP contribution is -2.00. The standard InChI is InChI=1S/C15H19N3O/c1-10-8-14(18-15(16-3)17-10)13-7-5-6-12(9-13)11(2)19-4/h5-9,11H,1-4H3,(H,16,17,18). The summed E-state index contributed by atoms with van der Waals surface area (Å²) in [5, 5.41) is 2.98. The number of rotatable bonds is 4. The summed E-state index contributed by atoms with van der Waals surface area (Å²) in [5.74, 6) is 0.639. The lowest BCUT2D eigenvalue weighted by atomic mass is 10.0. The molecule has 4 nitrogen and oxygen atoms in total. The van der Waals surface area contributed by atoms with Crippen molar-refractivity contribution in [2.45, 2.75) is 20.0 Å². The maximum absolute atomic E-state index is 5.35. The van der Waals surface area contributed by atoms with E-state index in [4.69, 9.17) is 4.74 Å². The number of aryl methyl sites for hydroxylation is 1. The molecule has 0 aliphatic rings. The highest BCUT2D eigenvalue weighted by Crippen LogP contribution is 2.24. The van der Waals surface area contributed by atoms with Gasteiger partial charge in [0.1, 0.15) is 0 Å². The van der Waals surface area contributed by atoms with E-state index in [1.165, 1.54) is 0 Å². The number of benzene rings is 1. The molecule has 0 saturated heterocycles. The minimum absolute atomic E-state index is 0.0756. The first-order valence-electron chi connectivity index (χ1n) is 6.30. The Morgan fingerprint density at radius 1 is 1.21 bits per heavy atom. The zero-order valence-corrected chi connectivity index (χ0v) is 11.8. The molecule has 19 heavy (non-hydrogen) atoms. The van der Waals surface area contributed by atoms with Crippen LogP contribution in [0.4, 0.5) is 5.95 Å². The zero-order chi connectivity index (χ0) is 13.8. The summed E-state index contributed by atoms with van der Waals surface area (Å²) in [5.41, 5.74) is 4.08. The fraction of sp³-hybridized carbons (Fsp3) is 0.333. The van der Waals surface area contributed by atoms with Crippen LogP contribution in [-0.4, -0.2) is 24.1 Å². The van der Waals surface area contributed by atoms with Gasteiger partial charge in [-0.05, 0) is 31.5 Å². The first-order valence-corrected chi connectivity index (χ1v) is 6.30. The molecule has 0 aliphatic carbocycles. The average Bonchev–Trinajstić information content (AvgIpc) is 2.45. The quantitative estimate of drug-likeness (QED) is 0.913. The highest BCUT2D eigenvalue weighted by molar-refractivity contribution is 5.61. The Kier molecular flexibility index (Phi) is 4.12. The summed E-state index contributed by atoms with van der Waals surface area (Å²) in [7, 11) is 3.53. The van der Waals surface area contributed by atoms with E-state index < -0.39 is 0 Å². The van der Waals surface area contributed by atoms with Crippen LogP contribution in [0.3, 0.4) is 0 Å². The second-order valence-corrected chi connectivity index (χ2v) is 4.47. The van der Waals surface area contributed by atoms with Crippen LogP contribution in [0.25, 0.3) is 11.3 Å². The molecular formula is C15H19N3O. The monoisotopic (exact) mass is 257 g/mol. The molecule has 1 aromatic carbocycles. The summed E-state index contributed by atoms with van der Waals surface area (Å²) >= 11 is 0.